The van der Waals surface area contributed by atoms with Crippen LogP contribution in [0.25, 0.3) is 0 Å². The van der Waals surface area contributed by atoms with Crippen LogP contribution in [0.5, 0.6) is 0 Å². The number of ether oxygens (including phenoxy) is 3. The minimum atomic E-state index is -4.76. The first-order chi connectivity index (χ1) is 32.2. The molecular weight excluding hydrogens is 856 g/mol. The molecule has 11 nitrogen and oxygen atoms in total. The highest BCUT2D eigenvalue weighted by molar-refractivity contribution is 7.47. The van der Waals surface area contributed by atoms with Crippen molar-refractivity contribution in [2.45, 2.75) is 213 Å². The van der Waals surface area contributed by atoms with Gasteiger partial charge in [-0.15, -0.1) is 0 Å². The summed E-state index contributed by atoms with van der Waals surface area (Å²) in [4.78, 5) is 48.2. The van der Waals surface area contributed by atoms with Gasteiger partial charge in [0.25, 0.3) is 0 Å². The van der Waals surface area contributed by atoms with Gasteiger partial charge in [0.1, 0.15) is 12.7 Å². The zero-order valence-electron chi connectivity index (χ0n) is 41.4. The molecule has 378 valence electrons. The Morgan fingerprint density at radius 3 is 1.24 bits per heavy atom. The number of allylic oxidation sites excluding steroid dienone is 14. The fourth-order valence-corrected chi connectivity index (χ4v) is 7.21. The molecule has 3 unspecified atom stereocenters. The van der Waals surface area contributed by atoms with Gasteiger partial charge in [-0.05, 0) is 103 Å². The normalized spacial score (nSPS) is 14.2. The van der Waals surface area contributed by atoms with Crippen molar-refractivity contribution < 1.29 is 52.2 Å². The van der Waals surface area contributed by atoms with Gasteiger partial charge in [-0.2, -0.15) is 0 Å². The molecule has 0 aliphatic rings. The van der Waals surface area contributed by atoms with Gasteiger partial charge in [0, 0.05) is 19.3 Å². The highest BCUT2D eigenvalue weighted by Gasteiger charge is 2.28. The molecular formula is C54H91O11P. The number of aliphatic hydroxyl groups excluding tert-OH is 1. The highest BCUT2D eigenvalue weighted by Crippen LogP contribution is 2.43. The third-order valence-electron chi connectivity index (χ3n) is 10.3. The average Bonchev–Trinajstić information content (AvgIpc) is 3.30. The maximum atomic E-state index is 12.8. The molecule has 0 heterocycles. The van der Waals surface area contributed by atoms with Gasteiger partial charge >= 0.3 is 25.7 Å². The molecule has 66 heavy (non-hydrogen) atoms. The van der Waals surface area contributed by atoms with Crippen molar-refractivity contribution >= 4 is 25.7 Å². The molecule has 3 atom stereocenters. The van der Waals surface area contributed by atoms with E-state index in [-0.39, 0.29) is 25.9 Å². The smallest absolute Gasteiger partial charge is 0.462 e. The summed E-state index contributed by atoms with van der Waals surface area (Å²) in [5.74, 6) is -1.54. The van der Waals surface area contributed by atoms with Gasteiger partial charge < -0.3 is 24.2 Å². The topological polar surface area (TPSA) is 155 Å². The lowest BCUT2D eigenvalue weighted by molar-refractivity contribution is -0.161. The van der Waals surface area contributed by atoms with Crippen LogP contribution in [0.3, 0.4) is 0 Å². The molecule has 0 aromatic heterocycles. The van der Waals surface area contributed by atoms with Crippen LogP contribution >= 0.6 is 7.82 Å². The molecule has 0 aromatic carbocycles. The van der Waals surface area contributed by atoms with Crippen molar-refractivity contribution in [1.29, 1.82) is 0 Å². The number of hydrogen-bond acceptors (Lipinski definition) is 10. The molecule has 0 fully saturated rings. The zero-order valence-corrected chi connectivity index (χ0v) is 42.3. The number of carbonyl (C=O) groups is 3. The summed E-state index contributed by atoms with van der Waals surface area (Å²) >= 11 is 0. The maximum absolute atomic E-state index is 12.8. The Kier molecular flexibility index (Phi) is 45.7. The summed E-state index contributed by atoms with van der Waals surface area (Å²) in [5, 5.41) is 9.76. The van der Waals surface area contributed by atoms with Crippen LogP contribution in [0.2, 0.25) is 0 Å². The molecule has 2 N–H and O–H groups in total. The molecule has 0 radical (unpaired) electrons. The summed E-state index contributed by atoms with van der Waals surface area (Å²) in [6, 6.07) is 0. The zero-order chi connectivity index (χ0) is 48.4. The molecule has 0 rings (SSSR count). The quantitative estimate of drug-likeness (QED) is 0.0197. The molecule has 0 aromatic rings. The van der Waals surface area contributed by atoms with E-state index in [1.807, 2.05) is 0 Å². The third-order valence-corrected chi connectivity index (χ3v) is 11.2. The van der Waals surface area contributed by atoms with E-state index in [9.17, 15) is 28.9 Å². The van der Waals surface area contributed by atoms with Crippen molar-refractivity contribution in [2.75, 3.05) is 26.4 Å². The Hall–Kier alpha value is -3.34. The molecule has 0 amide bonds. The fourth-order valence-electron chi connectivity index (χ4n) is 6.42. The van der Waals surface area contributed by atoms with E-state index in [4.69, 9.17) is 23.3 Å². The minimum Gasteiger partial charge on any atom is -0.462 e. The number of rotatable bonds is 46. The van der Waals surface area contributed by atoms with Gasteiger partial charge in [0.2, 0.25) is 0 Å². The fraction of sp³-hybridized carbons (Fsp3) is 0.685. The average molecular weight is 947 g/mol. The Bertz CT molecular complexity index is 1430. The van der Waals surface area contributed by atoms with Crippen molar-refractivity contribution in [3.63, 3.8) is 0 Å². The summed E-state index contributed by atoms with van der Waals surface area (Å²) in [6.07, 6.45) is 52.7. The van der Waals surface area contributed by atoms with Crippen molar-refractivity contribution in [3.8, 4) is 0 Å². The second-order valence-electron chi connectivity index (χ2n) is 16.6. The summed E-state index contributed by atoms with van der Waals surface area (Å²) < 4.78 is 39.3. The monoisotopic (exact) mass is 947 g/mol. The predicted octanol–water partition coefficient (Wildman–Crippen LogP) is 14.4. The number of carbonyl (C=O) groups excluding carboxylic acids is 3. The molecule has 0 aliphatic heterocycles. The predicted molar refractivity (Wildman–Crippen MR) is 270 cm³/mol. The largest absolute Gasteiger partial charge is 0.472 e. The Morgan fingerprint density at radius 1 is 0.439 bits per heavy atom. The van der Waals surface area contributed by atoms with E-state index in [0.717, 1.165) is 128 Å². The first-order valence-electron chi connectivity index (χ1n) is 25.5. The molecule has 0 bridgehead atoms. The Balaban J connectivity index is 4.80. The standard InChI is InChI=1S/C54H91O11P/c1-4-7-10-13-16-19-22-24-25-27-30-33-36-39-42-45-54(58)65-51(47-61-52(56)43-40-37-34-31-28-21-18-15-12-9-6-3)49-63-66(59,60)62-48-50(46-55)64-53(57)44-41-38-35-32-29-26-23-20-17-14-11-8-5-2/h7-8,10-11,15-20,24-26,29,50-51,55H,4-6,9,12-14,21-23,27-28,30-49H2,1-3H3,(H,59,60)/b10-7-,11-8-,18-15-,19-16-,20-17-,25-24-,29-26-. The van der Waals surface area contributed by atoms with Crippen LogP contribution in [-0.2, 0) is 42.2 Å². The summed E-state index contributed by atoms with van der Waals surface area (Å²) in [6.45, 7) is 4.28. The van der Waals surface area contributed by atoms with E-state index >= 15 is 0 Å². The number of phosphoric acid groups is 1. The highest BCUT2D eigenvalue weighted by atomic mass is 31.2. The Morgan fingerprint density at radius 2 is 0.788 bits per heavy atom. The van der Waals surface area contributed by atoms with Crippen LogP contribution in [0, 0.1) is 0 Å². The first kappa shape index (κ1) is 62.7. The number of phosphoric ester groups is 1. The number of aliphatic hydroxyl groups is 1. The molecule has 0 saturated heterocycles. The Labute approximate surface area is 400 Å². The lowest BCUT2D eigenvalue weighted by atomic mass is 10.1. The van der Waals surface area contributed by atoms with Crippen LogP contribution in [0.15, 0.2) is 85.1 Å². The number of hydrogen-bond donors (Lipinski definition) is 2. The third kappa shape index (κ3) is 45.8. The van der Waals surface area contributed by atoms with Crippen molar-refractivity contribution in [1.82, 2.24) is 0 Å². The van der Waals surface area contributed by atoms with E-state index in [2.05, 4.69) is 106 Å². The second kappa shape index (κ2) is 48.1. The van der Waals surface area contributed by atoms with Crippen LogP contribution in [-0.4, -0.2) is 66.5 Å². The molecule has 0 aliphatic carbocycles. The van der Waals surface area contributed by atoms with E-state index in [1.54, 1.807) is 0 Å². The van der Waals surface area contributed by atoms with Crippen molar-refractivity contribution in [2.24, 2.45) is 0 Å². The van der Waals surface area contributed by atoms with Gasteiger partial charge in [-0.25, -0.2) is 4.57 Å². The van der Waals surface area contributed by atoms with Gasteiger partial charge in [0.05, 0.1) is 19.8 Å². The minimum absolute atomic E-state index is 0.137. The summed E-state index contributed by atoms with van der Waals surface area (Å²) in [5.41, 5.74) is 0. The molecule has 0 spiro atoms. The van der Waals surface area contributed by atoms with E-state index in [0.29, 0.717) is 19.3 Å². The lowest BCUT2D eigenvalue weighted by Gasteiger charge is -2.21. The van der Waals surface area contributed by atoms with Gasteiger partial charge in [0.15, 0.2) is 6.10 Å². The van der Waals surface area contributed by atoms with Crippen molar-refractivity contribution in [3.05, 3.63) is 85.1 Å². The van der Waals surface area contributed by atoms with E-state index in [1.165, 1.54) is 12.8 Å². The SMILES string of the molecule is CC/C=C\C/C=C\C/C=C\CCCCCCCC(=O)OC(COC(=O)CCCCCCC/C=C\CCCC)COP(=O)(O)OCC(CO)OC(=O)CCCCC/C=C\C/C=C\C/C=C\CC. The number of unbranched alkanes of at least 4 members (excludes halogenated alkanes) is 15. The first-order valence-corrected chi connectivity index (χ1v) is 27.0. The van der Waals surface area contributed by atoms with Crippen LogP contribution in [0.4, 0.5) is 0 Å². The van der Waals surface area contributed by atoms with Gasteiger partial charge in [-0.1, -0.05) is 164 Å². The lowest BCUT2D eigenvalue weighted by Crippen LogP contribution is -2.30. The van der Waals surface area contributed by atoms with Crippen LogP contribution in [0.1, 0.15) is 201 Å². The van der Waals surface area contributed by atoms with Crippen LogP contribution < -0.4 is 0 Å². The van der Waals surface area contributed by atoms with E-state index < -0.39 is 57.8 Å². The molecule has 12 heteroatoms. The number of esters is 3. The van der Waals surface area contributed by atoms with Gasteiger partial charge in [-0.3, -0.25) is 23.4 Å². The maximum Gasteiger partial charge on any atom is 0.472 e. The molecule has 0 saturated carbocycles. The summed E-state index contributed by atoms with van der Waals surface area (Å²) in [7, 11) is -4.76. The second-order valence-corrected chi connectivity index (χ2v) is 18.0.